The number of hydrogen-bond acceptors (Lipinski definition) is 3. The number of halogens is 2. The third-order valence-electron chi connectivity index (χ3n) is 4.21. The molecule has 1 fully saturated rings. The molecule has 2 aromatic rings. The molecule has 1 aromatic carbocycles. The Labute approximate surface area is 144 Å². The van der Waals surface area contributed by atoms with Crippen LogP contribution in [0.3, 0.4) is 0 Å². The average molecular weight is 354 g/mol. The Morgan fingerprint density at radius 3 is 2.57 bits per heavy atom. The lowest BCUT2D eigenvalue weighted by molar-refractivity contribution is -0.120. The number of alkyl halides is 2. The molecule has 1 aliphatic rings. The first-order chi connectivity index (χ1) is 10.9. The molecular formula is C16H17Cl2N3O2. The number of hydrogen-bond donors (Lipinski definition) is 1. The average Bonchev–Trinajstić information content (AvgIpc) is 2.83. The van der Waals surface area contributed by atoms with Crippen LogP contribution in [0.5, 0.6) is 5.75 Å². The molecule has 1 aromatic heterocycles. The van der Waals surface area contributed by atoms with Crippen LogP contribution in [0.15, 0.2) is 36.5 Å². The van der Waals surface area contributed by atoms with Gasteiger partial charge in [0.15, 0.2) is 0 Å². The van der Waals surface area contributed by atoms with Crippen molar-refractivity contribution in [2.45, 2.75) is 24.2 Å². The lowest BCUT2D eigenvalue weighted by Gasteiger charge is -2.14. The van der Waals surface area contributed by atoms with Gasteiger partial charge in [0, 0.05) is 6.07 Å². The summed E-state index contributed by atoms with van der Waals surface area (Å²) in [6.45, 7) is 2.29. The predicted octanol–water partition coefficient (Wildman–Crippen LogP) is 3.46. The van der Waals surface area contributed by atoms with Crippen molar-refractivity contribution >= 4 is 34.9 Å². The van der Waals surface area contributed by atoms with Gasteiger partial charge in [-0.1, -0.05) is 12.1 Å². The minimum absolute atomic E-state index is 0.195. The SMILES string of the molecule is COc1ccc(Cn2nccc2NC(=O)[C@@]2(C)CC2(Cl)Cl)cc1. The topological polar surface area (TPSA) is 56.1 Å². The highest BCUT2D eigenvalue weighted by atomic mass is 35.5. The van der Waals surface area contributed by atoms with E-state index in [0.29, 0.717) is 18.8 Å². The highest BCUT2D eigenvalue weighted by Gasteiger charge is 2.68. The summed E-state index contributed by atoms with van der Waals surface area (Å²) < 4.78 is 5.87. The number of benzene rings is 1. The van der Waals surface area contributed by atoms with E-state index < -0.39 is 9.75 Å². The molecule has 1 aliphatic carbocycles. The summed E-state index contributed by atoms with van der Waals surface area (Å²) in [7, 11) is 1.63. The second-order valence-electron chi connectivity index (χ2n) is 5.89. The zero-order valence-corrected chi connectivity index (χ0v) is 14.4. The van der Waals surface area contributed by atoms with Crippen molar-refractivity contribution in [3.8, 4) is 5.75 Å². The number of nitrogens with one attached hydrogen (secondary N) is 1. The van der Waals surface area contributed by atoms with E-state index in [2.05, 4.69) is 10.4 Å². The van der Waals surface area contributed by atoms with Crippen molar-refractivity contribution in [1.82, 2.24) is 9.78 Å². The molecule has 0 aliphatic heterocycles. The summed E-state index contributed by atoms with van der Waals surface area (Å²) in [5, 5.41) is 7.11. The van der Waals surface area contributed by atoms with Crippen LogP contribution in [0, 0.1) is 5.41 Å². The molecule has 0 bridgehead atoms. The first-order valence-corrected chi connectivity index (χ1v) is 7.95. The summed E-state index contributed by atoms with van der Waals surface area (Å²) in [5.41, 5.74) is 0.289. The second kappa shape index (κ2) is 5.73. The van der Waals surface area contributed by atoms with E-state index >= 15 is 0 Å². The largest absolute Gasteiger partial charge is 0.497 e. The van der Waals surface area contributed by atoms with Crippen LogP contribution >= 0.6 is 23.2 Å². The number of anilines is 1. The molecule has 1 amide bonds. The summed E-state index contributed by atoms with van der Waals surface area (Å²) in [6.07, 6.45) is 2.09. The Morgan fingerprint density at radius 1 is 1.35 bits per heavy atom. The van der Waals surface area contributed by atoms with Gasteiger partial charge in [-0.25, -0.2) is 4.68 Å². The van der Waals surface area contributed by atoms with Crippen molar-refractivity contribution in [3.05, 3.63) is 42.1 Å². The van der Waals surface area contributed by atoms with Crippen molar-refractivity contribution < 1.29 is 9.53 Å². The Kier molecular flexibility index (Phi) is 4.02. The van der Waals surface area contributed by atoms with Gasteiger partial charge in [-0.2, -0.15) is 5.10 Å². The third-order valence-corrected chi connectivity index (χ3v) is 5.31. The van der Waals surface area contributed by atoms with E-state index in [1.165, 1.54) is 0 Å². The van der Waals surface area contributed by atoms with Gasteiger partial charge < -0.3 is 10.1 Å². The van der Waals surface area contributed by atoms with Gasteiger partial charge in [0.05, 0.1) is 25.3 Å². The maximum atomic E-state index is 12.4. The van der Waals surface area contributed by atoms with Crippen molar-refractivity contribution in [3.63, 3.8) is 0 Å². The number of aromatic nitrogens is 2. The minimum Gasteiger partial charge on any atom is -0.497 e. The van der Waals surface area contributed by atoms with E-state index in [9.17, 15) is 4.79 Å². The Hall–Kier alpha value is -1.72. The lowest BCUT2D eigenvalue weighted by atomic mass is 10.1. The van der Waals surface area contributed by atoms with Gasteiger partial charge in [0.2, 0.25) is 5.91 Å². The number of carbonyl (C=O) groups is 1. The number of amides is 1. The molecule has 7 heteroatoms. The zero-order chi connectivity index (χ0) is 16.7. The molecule has 0 radical (unpaired) electrons. The van der Waals surface area contributed by atoms with Gasteiger partial charge in [0.25, 0.3) is 0 Å². The van der Waals surface area contributed by atoms with E-state index in [0.717, 1.165) is 11.3 Å². The molecule has 1 saturated carbocycles. The molecule has 23 heavy (non-hydrogen) atoms. The number of carbonyl (C=O) groups excluding carboxylic acids is 1. The zero-order valence-electron chi connectivity index (χ0n) is 12.8. The van der Waals surface area contributed by atoms with Gasteiger partial charge in [0.1, 0.15) is 15.9 Å². The maximum absolute atomic E-state index is 12.4. The first-order valence-electron chi connectivity index (χ1n) is 7.20. The molecule has 0 saturated heterocycles. The lowest BCUT2D eigenvalue weighted by Crippen LogP contribution is -2.27. The predicted molar refractivity (Wildman–Crippen MR) is 90.1 cm³/mol. The smallest absolute Gasteiger partial charge is 0.234 e. The van der Waals surface area contributed by atoms with Gasteiger partial charge >= 0.3 is 0 Å². The fraction of sp³-hybridized carbons (Fsp3) is 0.375. The first kappa shape index (κ1) is 16.1. The van der Waals surface area contributed by atoms with Crippen LogP contribution in [0.25, 0.3) is 0 Å². The van der Waals surface area contributed by atoms with Crippen LogP contribution < -0.4 is 10.1 Å². The summed E-state index contributed by atoms with van der Waals surface area (Å²) in [4.78, 5) is 12.4. The highest BCUT2D eigenvalue weighted by molar-refractivity contribution is 6.53. The molecule has 1 N–H and O–H groups in total. The standard InChI is InChI=1S/C16H17Cl2N3O2/c1-15(10-16(15,17)18)14(22)20-13-7-8-19-21(13)9-11-3-5-12(23-2)6-4-11/h3-8H,9-10H2,1-2H3,(H,20,22)/t15-/m1/s1. The molecular weight excluding hydrogens is 337 g/mol. The third kappa shape index (κ3) is 3.03. The molecule has 0 spiro atoms. The highest BCUT2D eigenvalue weighted by Crippen LogP contribution is 2.64. The number of nitrogens with zero attached hydrogens (tertiary/aromatic N) is 2. The van der Waals surface area contributed by atoms with Crippen molar-refractivity contribution in [2.24, 2.45) is 5.41 Å². The number of ether oxygens (including phenoxy) is 1. The van der Waals surface area contributed by atoms with Crippen molar-refractivity contribution in [2.75, 3.05) is 12.4 Å². The second-order valence-corrected chi connectivity index (χ2v) is 7.37. The quantitative estimate of drug-likeness (QED) is 0.837. The van der Waals surface area contributed by atoms with E-state index in [4.69, 9.17) is 27.9 Å². The van der Waals surface area contributed by atoms with E-state index in [1.54, 1.807) is 31.0 Å². The van der Waals surface area contributed by atoms with Gasteiger partial charge in [-0.05, 0) is 31.0 Å². The fourth-order valence-electron chi connectivity index (χ4n) is 2.37. The number of methoxy groups -OCH3 is 1. The minimum atomic E-state index is -0.988. The fourth-order valence-corrected chi connectivity index (χ4v) is 3.08. The van der Waals surface area contributed by atoms with Gasteiger partial charge in [-0.15, -0.1) is 23.2 Å². The molecule has 0 unspecified atom stereocenters. The maximum Gasteiger partial charge on any atom is 0.234 e. The van der Waals surface area contributed by atoms with Crippen LogP contribution in [0.2, 0.25) is 0 Å². The van der Waals surface area contributed by atoms with E-state index in [-0.39, 0.29) is 5.91 Å². The van der Waals surface area contributed by atoms with Gasteiger partial charge in [-0.3, -0.25) is 4.79 Å². The normalized spacial score (nSPS) is 21.7. The van der Waals surface area contributed by atoms with Crippen LogP contribution in [-0.2, 0) is 11.3 Å². The van der Waals surface area contributed by atoms with E-state index in [1.807, 2.05) is 24.3 Å². The van der Waals surface area contributed by atoms with Crippen LogP contribution in [0.4, 0.5) is 5.82 Å². The Balaban J connectivity index is 1.71. The Bertz CT molecular complexity index is 727. The van der Waals surface area contributed by atoms with Crippen molar-refractivity contribution in [1.29, 1.82) is 0 Å². The molecule has 1 heterocycles. The molecule has 5 nitrogen and oxygen atoms in total. The summed E-state index contributed by atoms with van der Waals surface area (Å²) in [5.74, 6) is 1.21. The summed E-state index contributed by atoms with van der Waals surface area (Å²) in [6, 6.07) is 9.43. The van der Waals surface area contributed by atoms with Crippen LogP contribution in [-0.4, -0.2) is 27.1 Å². The van der Waals surface area contributed by atoms with Crippen LogP contribution in [0.1, 0.15) is 18.9 Å². The Morgan fingerprint density at radius 2 is 2.00 bits per heavy atom. The number of rotatable bonds is 5. The summed E-state index contributed by atoms with van der Waals surface area (Å²) >= 11 is 12.1. The molecule has 122 valence electrons. The molecule has 3 rings (SSSR count). The molecule has 1 atom stereocenters. The monoisotopic (exact) mass is 353 g/mol.